The Bertz CT molecular complexity index is 703. The Balaban J connectivity index is 1.57. The molecule has 0 radical (unpaired) electrons. The van der Waals surface area contributed by atoms with E-state index in [2.05, 4.69) is 55.2 Å². The van der Waals surface area contributed by atoms with Gasteiger partial charge < -0.3 is 4.74 Å². The van der Waals surface area contributed by atoms with Crippen molar-refractivity contribution < 1.29 is 4.74 Å². The quantitative estimate of drug-likeness (QED) is 0.184. The highest BCUT2D eigenvalue weighted by Gasteiger charge is 1.97. The molecule has 0 spiro atoms. The lowest BCUT2D eigenvalue weighted by atomic mass is 10.0. The van der Waals surface area contributed by atoms with Gasteiger partial charge in [0.25, 0.3) is 0 Å². The third-order valence-electron chi connectivity index (χ3n) is 5.72. The number of rotatable bonds is 17. The molecule has 0 bridgehead atoms. The third-order valence-corrected chi connectivity index (χ3v) is 5.72. The van der Waals surface area contributed by atoms with Crippen molar-refractivity contribution in [2.45, 2.75) is 97.3 Å². The van der Waals surface area contributed by atoms with Crippen LogP contribution >= 0.6 is 0 Å². The standard InChI is InChI=1S/C29H43NO/c1-3-5-6-7-8-9-10-11-12-13-14-15-26-16-20-28(21-17-26)30-25-27-18-22-29(23-19-27)31-24-4-2/h16-23,25H,3-15,24H2,1-2H3. The van der Waals surface area contributed by atoms with Crippen LogP contribution in [0.15, 0.2) is 53.5 Å². The molecule has 2 aromatic rings. The fourth-order valence-electron chi connectivity index (χ4n) is 3.76. The summed E-state index contributed by atoms with van der Waals surface area (Å²) in [4.78, 5) is 4.61. The first-order valence-corrected chi connectivity index (χ1v) is 12.7. The van der Waals surface area contributed by atoms with E-state index in [9.17, 15) is 0 Å². The fraction of sp³-hybridized carbons (Fsp3) is 0.552. The van der Waals surface area contributed by atoms with Crippen LogP contribution in [0.2, 0.25) is 0 Å². The lowest BCUT2D eigenvalue weighted by molar-refractivity contribution is 0.317. The molecule has 2 heteroatoms. The van der Waals surface area contributed by atoms with Crippen LogP contribution in [0.25, 0.3) is 0 Å². The molecule has 0 heterocycles. The van der Waals surface area contributed by atoms with Gasteiger partial charge in [-0.25, -0.2) is 0 Å². The topological polar surface area (TPSA) is 21.6 Å². The van der Waals surface area contributed by atoms with E-state index >= 15 is 0 Å². The Labute approximate surface area is 191 Å². The number of aliphatic imine (C=N–C) groups is 1. The molecule has 0 atom stereocenters. The average Bonchev–Trinajstić information content (AvgIpc) is 2.81. The molecule has 0 N–H and O–H groups in total. The Morgan fingerprint density at radius 2 is 1.23 bits per heavy atom. The minimum Gasteiger partial charge on any atom is -0.494 e. The Morgan fingerprint density at radius 1 is 0.645 bits per heavy atom. The van der Waals surface area contributed by atoms with Gasteiger partial charge in [-0.3, -0.25) is 4.99 Å². The number of nitrogens with zero attached hydrogens (tertiary/aromatic N) is 1. The first-order valence-electron chi connectivity index (χ1n) is 12.7. The van der Waals surface area contributed by atoms with Gasteiger partial charge in [0.05, 0.1) is 12.3 Å². The van der Waals surface area contributed by atoms with Crippen LogP contribution in [0, 0.1) is 0 Å². The van der Waals surface area contributed by atoms with E-state index in [1.165, 1.54) is 82.6 Å². The summed E-state index contributed by atoms with van der Waals surface area (Å²) in [5.41, 5.74) is 3.52. The summed E-state index contributed by atoms with van der Waals surface area (Å²) in [5, 5.41) is 0. The molecule has 0 fully saturated rings. The number of hydrogen-bond acceptors (Lipinski definition) is 2. The predicted molar refractivity (Wildman–Crippen MR) is 136 cm³/mol. The monoisotopic (exact) mass is 421 g/mol. The molecule has 2 rings (SSSR count). The van der Waals surface area contributed by atoms with Gasteiger partial charge in [0.15, 0.2) is 0 Å². The molecule has 0 aliphatic heterocycles. The molecule has 0 aromatic heterocycles. The summed E-state index contributed by atoms with van der Waals surface area (Å²) in [5.74, 6) is 0.922. The van der Waals surface area contributed by atoms with E-state index in [1.54, 1.807) is 0 Å². The molecular formula is C29H43NO. The van der Waals surface area contributed by atoms with Gasteiger partial charge in [-0.2, -0.15) is 0 Å². The van der Waals surface area contributed by atoms with Gasteiger partial charge in [0.2, 0.25) is 0 Å². The highest BCUT2D eigenvalue weighted by atomic mass is 16.5. The summed E-state index contributed by atoms with van der Waals surface area (Å²) in [6.45, 7) is 5.16. The minimum atomic E-state index is 0.763. The van der Waals surface area contributed by atoms with Crippen molar-refractivity contribution in [3.63, 3.8) is 0 Å². The molecular weight excluding hydrogens is 378 g/mol. The number of hydrogen-bond donors (Lipinski definition) is 0. The van der Waals surface area contributed by atoms with Crippen molar-refractivity contribution in [3.8, 4) is 5.75 Å². The van der Waals surface area contributed by atoms with Crippen molar-refractivity contribution in [2.75, 3.05) is 6.61 Å². The second-order valence-electron chi connectivity index (χ2n) is 8.63. The van der Waals surface area contributed by atoms with Crippen LogP contribution in [0.5, 0.6) is 5.75 Å². The Hall–Kier alpha value is -2.09. The van der Waals surface area contributed by atoms with Crippen LogP contribution in [0.1, 0.15) is 102 Å². The molecule has 0 aliphatic rings. The van der Waals surface area contributed by atoms with E-state index in [1.807, 2.05) is 18.3 Å². The Morgan fingerprint density at radius 3 is 1.81 bits per heavy atom. The first kappa shape index (κ1) is 25.2. The van der Waals surface area contributed by atoms with Gasteiger partial charge >= 0.3 is 0 Å². The largest absolute Gasteiger partial charge is 0.494 e. The van der Waals surface area contributed by atoms with Gasteiger partial charge in [-0.15, -0.1) is 0 Å². The maximum atomic E-state index is 5.62. The van der Waals surface area contributed by atoms with Crippen molar-refractivity contribution in [1.82, 2.24) is 0 Å². The van der Waals surface area contributed by atoms with Crippen molar-refractivity contribution in [1.29, 1.82) is 0 Å². The van der Waals surface area contributed by atoms with E-state index in [-0.39, 0.29) is 0 Å². The summed E-state index contributed by atoms with van der Waals surface area (Å²) in [6.07, 6.45) is 19.5. The minimum absolute atomic E-state index is 0.763. The second kappa shape index (κ2) is 16.6. The zero-order chi connectivity index (χ0) is 22.0. The van der Waals surface area contributed by atoms with Crippen molar-refractivity contribution in [3.05, 3.63) is 59.7 Å². The van der Waals surface area contributed by atoms with E-state index in [4.69, 9.17) is 4.74 Å². The molecule has 170 valence electrons. The smallest absolute Gasteiger partial charge is 0.119 e. The average molecular weight is 422 g/mol. The van der Waals surface area contributed by atoms with Crippen molar-refractivity contribution >= 4 is 11.9 Å². The number of benzene rings is 2. The van der Waals surface area contributed by atoms with Gasteiger partial charge in [-0.1, -0.05) is 90.2 Å². The highest BCUT2D eigenvalue weighted by Crippen LogP contribution is 2.17. The molecule has 0 unspecified atom stereocenters. The summed E-state index contributed by atoms with van der Waals surface area (Å²) >= 11 is 0. The van der Waals surface area contributed by atoms with Gasteiger partial charge in [0.1, 0.15) is 5.75 Å². The molecule has 2 aromatic carbocycles. The van der Waals surface area contributed by atoms with Crippen LogP contribution in [-0.2, 0) is 6.42 Å². The molecule has 0 saturated carbocycles. The zero-order valence-electron chi connectivity index (χ0n) is 20.0. The third kappa shape index (κ3) is 11.8. The lowest BCUT2D eigenvalue weighted by Crippen LogP contribution is -1.94. The van der Waals surface area contributed by atoms with E-state index in [0.29, 0.717) is 0 Å². The van der Waals surface area contributed by atoms with Gasteiger partial charge in [-0.05, 0) is 66.8 Å². The molecule has 0 saturated heterocycles. The Kier molecular flexibility index (Phi) is 13.5. The SMILES string of the molecule is CCCCCCCCCCCCCc1ccc(N=Cc2ccc(OCCC)cc2)cc1. The van der Waals surface area contributed by atoms with Crippen LogP contribution < -0.4 is 4.74 Å². The maximum absolute atomic E-state index is 5.62. The van der Waals surface area contributed by atoms with Crippen molar-refractivity contribution in [2.24, 2.45) is 4.99 Å². The number of unbranched alkanes of at least 4 members (excludes halogenated alkanes) is 10. The van der Waals surface area contributed by atoms with Gasteiger partial charge in [0, 0.05) is 6.21 Å². The zero-order valence-corrected chi connectivity index (χ0v) is 20.0. The predicted octanol–water partition coefficient (Wildman–Crippen LogP) is 9.08. The van der Waals surface area contributed by atoms with E-state index in [0.717, 1.165) is 30.0 Å². The molecule has 31 heavy (non-hydrogen) atoms. The highest BCUT2D eigenvalue weighted by molar-refractivity contribution is 5.82. The normalized spacial score (nSPS) is 11.3. The van der Waals surface area contributed by atoms with Crippen LogP contribution in [0.4, 0.5) is 5.69 Å². The van der Waals surface area contributed by atoms with Crippen LogP contribution in [0.3, 0.4) is 0 Å². The van der Waals surface area contributed by atoms with Crippen LogP contribution in [-0.4, -0.2) is 12.8 Å². The fourth-order valence-corrected chi connectivity index (χ4v) is 3.76. The summed E-state index contributed by atoms with van der Waals surface area (Å²) in [7, 11) is 0. The summed E-state index contributed by atoms with van der Waals surface area (Å²) < 4.78 is 5.62. The number of aryl methyl sites for hydroxylation is 1. The lowest BCUT2D eigenvalue weighted by Gasteiger charge is -2.04. The molecule has 0 aliphatic carbocycles. The molecule has 0 amide bonds. The summed E-state index contributed by atoms with van der Waals surface area (Å²) in [6, 6.07) is 16.8. The maximum Gasteiger partial charge on any atom is 0.119 e. The number of ether oxygens (including phenoxy) is 1. The first-order chi connectivity index (χ1) is 15.3. The molecule has 2 nitrogen and oxygen atoms in total. The second-order valence-corrected chi connectivity index (χ2v) is 8.63. The van der Waals surface area contributed by atoms with E-state index < -0.39 is 0 Å².